The highest BCUT2D eigenvalue weighted by molar-refractivity contribution is 5.68. The summed E-state index contributed by atoms with van der Waals surface area (Å²) in [6.45, 7) is 11.6. The molecule has 1 heterocycles. The van der Waals surface area contributed by atoms with E-state index in [1.54, 1.807) is 4.90 Å². The summed E-state index contributed by atoms with van der Waals surface area (Å²) in [7, 11) is 0. The zero-order chi connectivity index (χ0) is 13.6. The van der Waals surface area contributed by atoms with Crippen LogP contribution in [-0.2, 0) is 9.47 Å². The summed E-state index contributed by atoms with van der Waals surface area (Å²) in [5.41, 5.74) is -0.447. The SMILES string of the molecule is C=NCCC[C@@H]1CN(C(=O)OC(C)(C)C)CCO1. The van der Waals surface area contributed by atoms with Crippen molar-refractivity contribution in [3.05, 3.63) is 0 Å². The number of carbonyl (C=O) groups excluding carboxylic acids is 1. The monoisotopic (exact) mass is 256 g/mol. The minimum absolute atomic E-state index is 0.0908. The third kappa shape index (κ3) is 5.49. The Morgan fingerprint density at radius 2 is 2.28 bits per heavy atom. The molecule has 1 aliphatic rings. The van der Waals surface area contributed by atoms with Gasteiger partial charge in [0.25, 0.3) is 0 Å². The first-order valence-corrected chi connectivity index (χ1v) is 6.44. The summed E-state index contributed by atoms with van der Waals surface area (Å²) in [5.74, 6) is 0. The molecule has 1 atom stereocenters. The second-order valence-corrected chi connectivity index (χ2v) is 5.51. The van der Waals surface area contributed by atoms with Crippen molar-refractivity contribution in [2.45, 2.75) is 45.3 Å². The van der Waals surface area contributed by atoms with Gasteiger partial charge in [-0.2, -0.15) is 0 Å². The van der Waals surface area contributed by atoms with Gasteiger partial charge in [-0.05, 0) is 40.3 Å². The number of aliphatic imine (C=N–C) groups is 1. The van der Waals surface area contributed by atoms with Crippen LogP contribution in [0, 0.1) is 0 Å². The van der Waals surface area contributed by atoms with E-state index in [1.165, 1.54) is 0 Å². The van der Waals surface area contributed by atoms with Crippen molar-refractivity contribution >= 4 is 12.8 Å². The zero-order valence-electron chi connectivity index (χ0n) is 11.6. The largest absolute Gasteiger partial charge is 0.444 e. The van der Waals surface area contributed by atoms with Crippen molar-refractivity contribution in [1.29, 1.82) is 0 Å². The molecule has 5 heteroatoms. The van der Waals surface area contributed by atoms with Gasteiger partial charge in [-0.15, -0.1) is 0 Å². The number of morpholine rings is 1. The van der Waals surface area contributed by atoms with Crippen molar-refractivity contribution < 1.29 is 14.3 Å². The molecular formula is C13H24N2O3. The number of hydrogen-bond donors (Lipinski definition) is 0. The normalized spacial score (nSPS) is 20.6. The van der Waals surface area contributed by atoms with Crippen LogP contribution in [0.25, 0.3) is 0 Å². The fourth-order valence-electron chi connectivity index (χ4n) is 1.82. The molecule has 0 spiro atoms. The Balaban J connectivity index is 2.38. The molecule has 5 nitrogen and oxygen atoms in total. The molecule has 0 aromatic carbocycles. The van der Waals surface area contributed by atoms with Gasteiger partial charge in [0.15, 0.2) is 0 Å². The van der Waals surface area contributed by atoms with Crippen molar-refractivity contribution in [2.24, 2.45) is 4.99 Å². The van der Waals surface area contributed by atoms with E-state index in [0.717, 1.165) is 19.4 Å². The number of rotatable bonds is 4. The van der Waals surface area contributed by atoms with Gasteiger partial charge < -0.3 is 19.4 Å². The maximum absolute atomic E-state index is 11.9. The topological polar surface area (TPSA) is 51.1 Å². The molecule has 104 valence electrons. The van der Waals surface area contributed by atoms with Crippen LogP contribution in [0.15, 0.2) is 4.99 Å². The van der Waals surface area contributed by atoms with E-state index < -0.39 is 5.60 Å². The predicted molar refractivity (Wildman–Crippen MR) is 71.2 cm³/mol. The van der Waals surface area contributed by atoms with Crippen LogP contribution in [0.2, 0.25) is 0 Å². The molecule has 0 saturated carbocycles. The highest BCUT2D eigenvalue weighted by atomic mass is 16.6. The molecule has 0 bridgehead atoms. The van der Waals surface area contributed by atoms with E-state index in [0.29, 0.717) is 19.7 Å². The predicted octanol–water partition coefficient (Wildman–Crippen LogP) is 2.10. The Morgan fingerprint density at radius 3 is 2.89 bits per heavy atom. The Labute approximate surface area is 109 Å². The van der Waals surface area contributed by atoms with Crippen LogP contribution >= 0.6 is 0 Å². The summed E-state index contributed by atoms with van der Waals surface area (Å²) >= 11 is 0. The van der Waals surface area contributed by atoms with Crippen molar-refractivity contribution in [3.8, 4) is 0 Å². The highest BCUT2D eigenvalue weighted by Gasteiger charge is 2.27. The van der Waals surface area contributed by atoms with E-state index in [9.17, 15) is 4.79 Å². The van der Waals surface area contributed by atoms with Crippen LogP contribution < -0.4 is 0 Å². The highest BCUT2D eigenvalue weighted by Crippen LogP contribution is 2.15. The van der Waals surface area contributed by atoms with E-state index in [-0.39, 0.29) is 12.2 Å². The van der Waals surface area contributed by atoms with Crippen LogP contribution in [0.1, 0.15) is 33.6 Å². The molecule has 1 aliphatic heterocycles. The molecule has 0 unspecified atom stereocenters. The van der Waals surface area contributed by atoms with Gasteiger partial charge in [-0.25, -0.2) is 4.79 Å². The van der Waals surface area contributed by atoms with E-state index >= 15 is 0 Å². The van der Waals surface area contributed by atoms with Gasteiger partial charge in [0.2, 0.25) is 0 Å². The Morgan fingerprint density at radius 1 is 1.56 bits per heavy atom. The molecule has 0 radical (unpaired) electrons. The molecule has 0 aromatic rings. The fourth-order valence-corrected chi connectivity index (χ4v) is 1.82. The van der Waals surface area contributed by atoms with Crippen LogP contribution in [0.3, 0.4) is 0 Å². The first-order valence-electron chi connectivity index (χ1n) is 6.44. The minimum Gasteiger partial charge on any atom is -0.444 e. The number of amides is 1. The van der Waals surface area contributed by atoms with Gasteiger partial charge in [0.05, 0.1) is 19.3 Å². The standard InChI is InChI=1S/C13H24N2O3/c1-13(2,3)18-12(16)15-8-9-17-11(10-15)6-5-7-14-4/h11H,4-10H2,1-3H3/t11-/m1/s1. The maximum Gasteiger partial charge on any atom is 0.410 e. The van der Waals surface area contributed by atoms with Gasteiger partial charge >= 0.3 is 6.09 Å². The van der Waals surface area contributed by atoms with Gasteiger partial charge in [0, 0.05) is 13.1 Å². The number of hydrogen-bond acceptors (Lipinski definition) is 4. The smallest absolute Gasteiger partial charge is 0.410 e. The molecule has 0 N–H and O–H groups in total. The number of nitrogens with zero attached hydrogens (tertiary/aromatic N) is 2. The summed E-state index contributed by atoms with van der Waals surface area (Å²) < 4.78 is 11.0. The number of carbonyl (C=O) groups is 1. The third-order valence-corrected chi connectivity index (χ3v) is 2.63. The van der Waals surface area contributed by atoms with Gasteiger partial charge in [-0.1, -0.05) is 0 Å². The molecule has 1 amide bonds. The van der Waals surface area contributed by atoms with Crippen LogP contribution in [0.5, 0.6) is 0 Å². The Kier molecular flexibility index (Phi) is 5.59. The van der Waals surface area contributed by atoms with Crippen molar-refractivity contribution in [1.82, 2.24) is 4.90 Å². The molecule has 1 fully saturated rings. The van der Waals surface area contributed by atoms with E-state index in [4.69, 9.17) is 9.47 Å². The summed E-state index contributed by atoms with van der Waals surface area (Å²) in [6.07, 6.45) is 1.68. The van der Waals surface area contributed by atoms with Gasteiger partial charge in [-0.3, -0.25) is 0 Å². The molecule has 0 aromatic heterocycles. The fraction of sp³-hybridized carbons (Fsp3) is 0.846. The second-order valence-electron chi connectivity index (χ2n) is 5.51. The lowest BCUT2D eigenvalue weighted by atomic mass is 10.1. The van der Waals surface area contributed by atoms with Gasteiger partial charge in [0.1, 0.15) is 5.60 Å². The average Bonchev–Trinajstić information content (AvgIpc) is 2.27. The second kappa shape index (κ2) is 6.73. The molecule has 1 saturated heterocycles. The quantitative estimate of drug-likeness (QED) is 0.572. The first-order chi connectivity index (χ1) is 8.42. The number of ether oxygens (including phenoxy) is 2. The lowest BCUT2D eigenvalue weighted by Crippen LogP contribution is -2.47. The van der Waals surface area contributed by atoms with Crippen LogP contribution in [0.4, 0.5) is 4.79 Å². The maximum atomic E-state index is 11.9. The third-order valence-electron chi connectivity index (χ3n) is 2.63. The lowest BCUT2D eigenvalue weighted by Gasteiger charge is -2.34. The zero-order valence-corrected chi connectivity index (χ0v) is 11.6. The summed E-state index contributed by atoms with van der Waals surface area (Å²) in [5, 5.41) is 0. The van der Waals surface area contributed by atoms with E-state index in [1.807, 2.05) is 20.8 Å². The van der Waals surface area contributed by atoms with Crippen molar-refractivity contribution in [2.75, 3.05) is 26.2 Å². The molecular weight excluding hydrogens is 232 g/mol. The minimum atomic E-state index is -0.447. The molecule has 18 heavy (non-hydrogen) atoms. The average molecular weight is 256 g/mol. The van der Waals surface area contributed by atoms with Crippen LogP contribution in [-0.4, -0.2) is 55.7 Å². The summed E-state index contributed by atoms with van der Waals surface area (Å²) in [4.78, 5) is 17.4. The Hall–Kier alpha value is -1.10. The van der Waals surface area contributed by atoms with Crippen molar-refractivity contribution in [3.63, 3.8) is 0 Å². The molecule has 0 aliphatic carbocycles. The van der Waals surface area contributed by atoms with E-state index in [2.05, 4.69) is 11.7 Å². The first kappa shape index (κ1) is 15.0. The lowest BCUT2D eigenvalue weighted by molar-refractivity contribution is -0.0447. The summed E-state index contributed by atoms with van der Waals surface area (Å²) in [6, 6.07) is 0. The Bertz CT molecular complexity index is 286. The molecule has 1 rings (SSSR count).